The van der Waals surface area contributed by atoms with Gasteiger partial charge in [0.05, 0.1) is 43.6 Å². The third kappa shape index (κ3) is 4.90. The Morgan fingerprint density at radius 2 is 1.91 bits per heavy atom. The molecule has 1 N–H and O–H groups in total. The predicted octanol–water partition coefficient (Wildman–Crippen LogP) is 4.87. The molecule has 1 atom stereocenters. The van der Waals surface area contributed by atoms with Gasteiger partial charge in [0, 0.05) is 42.4 Å². The van der Waals surface area contributed by atoms with E-state index in [1.807, 2.05) is 30.2 Å². The average Bonchev–Trinajstić information content (AvgIpc) is 3.58. The van der Waals surface area contributed by atoms with Crippen molar-refractivity contribution in [2.24, 2.45) is 5.92 Å². The maximum absolute atomic E-state index is 9.37. The van der Waals surface area contributed by atoms with E-state index >= 15 is 0 Å². The normalized spacial score (nSPS) is 17.5. The lowest BCUT2D eigenvalue weighted by molar-refractivity contribution is 0.122. The molecule has 1 aliphatic carbocycles. The first-order chi connectivity index (χ1) is 16.7. The van der Waals surface area contributed by atoms with Crippen LogP contribution in [0.1, 0.15) is 43.7 Å². The molecule has 2 aromatic heterocycles. The van der Waals surface area contributed by atoms with Crippen molar-refractivity contribution in [2.75, 3.05) is 36.5 Å². The highest BCUT2D eigenvalue weighted by Crippen LogP contribution is 2.36. The summed E-state index contributed by atoms with van der Waals surface area (Å²) in [4.78, 5) is 11.6. The second-order valence-corrected chi connectivity index (χ2v) is 9.18. The molecule has 3 heterocycles. The molecule has 2 aliphatic rings. The number of rotatable bonds is 7. The monoisotopic (exact) mass is 457 g/mol. The summed E-state index contributed by atoms with van der Waals surface area (Å²) in [5.41, 5.74) is 4.94. The lowest BCUT2D eigenvalue weighted by Crippen LogP contribution is -2.36. The zero-order chi connectivity index (χ0) is 23.3. The molecule has 8 heteroatoms. The second-order valence-electron chi connectivity index (χ2n) is 9.18. The van der Waals surface area contributed by atoms with Crippen LogP contribution in [0.2, 0.25) is 0 Å². The molecule has 1 aliphatic heterocycles. The van der Waals surface area contributed by atoms with Gasteiger partial charge in [-0.1, -0.05) is 12.8 Å². The number of nitriles is 1. The van der Waals surface area contributed by atoms with Gasteiger partial charge in [-0.25, -0.2) is 9.97 Å². The van der Waals surface area contributed by atoms with E-state index in [9.17, 15) is 5.26 Å². The Morgan fingerprint density at radius 3 is 2.65 bits per heavy atom. The minimum absolute atomic E-state index is 0.131. The van der Waals surface area contributed by atoms with Crippen LogP contribution < -0.4 is 10.2 Å². The maximum Gasteiger partial charge on any atom is 0.227 e. The number of hydrogen-bond acceptors (Lipinski definition) is 7. The Kier molecular flexibility index (Phi) is 6.72. The van der Waals surface area contributed by atoms with E-state index in [-0.39, 0.29) is 6.04 Å². The Bertz CT molecular complexity index is 1140. The van der Waals surface area contributed by atoms with Crippen molar-refractivity contribution < 1.29 is 4.74 Å². The predicted molar refractivity (Wildman–Crippen MR) is 132 cm³/mol. The van der Waals surface area contributed by atoms with Gasteiger partial charge in [0.1, 0.15) is 0 Å². The fourth-order valence-corrected chi connectivity index (χ4v) is 5.05. The van der Waals surface area contributed by atoms with Gasteiger partial charge in [0.25, 0.3) is 0 Å². The Hall–Kier alpha value is -3.44. The number of nitrogens with zero attached hydrogens (tertiary/aromatic N) is 6. The van der Waals surface area contributed by atoms with Crippen molar-refractivity contribution in [3.63, 3.8) is 0 Å². The van der Waals surface area contributed by atoms with Gasteiger partial charge in [0.15, 0.2) is 0 Å². The lowest BCUT2D eigenvalue weighted by atomic mass is 9.96. The molecule has 2 fully saturated rings. The SMILES string of the molecule is Cc1cnc(Nc2ccc(N3CCOCC3)cc2)nc1-c1cnn(C(CC#N)C2CCCC2)c1. The summed E-state index contributed by atoms with van der Waals surface area (Å²) in [6, 6.07) is 10.8. The number of ether oxygens (including phenoxy) is 1. The van der Waals surface area contributed by atoms with Crippen LogP contribution in [0.3, 0.4) is 0 Å². The second kappa shape index (κ2) is 10.2. The van der Waals surface area contributed by atoms with E-state index in [4.69, 9.17) is 9.72 Å². The smallest absolute Gasteiger partial charge is 0.227 e. The Labute approximate surface area is 200 Å². The number of morpholine rings is 1. The number of aromatic nitrogens is 4. The standard InChI is InChI=1S/C26H31N7O/c1-19-16-28-26(30-22-6-8-23(9-7-22)32-12-14-34-15-13-32)31-25(19)21-17-29-33(18-21)24(10-11-27)20-4-2-3-5-20/h6-9,16-18,20,24H,2-5,10,12-15H2,1H3,(H,28,30,31). The number of benzene rings is 1. The fourth-order valence-electron chi connectivity index (χ4n) is 5.05. The van der Waals surface area contributed by atoms with Crippen LogP contribution in [-0.4, -0.2) is 46.1 Å². The number of hydrogen-bond donors (Lipinski definition) is 1. The van der Waals surface area contributed by atoms with Gasteiger partial charge < -0.3 is 15.0 Å². The van der Waals surface area contributed by atoms with E-state index < -0.39 is 0 Å². The number of anilines is 3. The molecular weight excluding hydrogens is 426 g/mol. The van der Waals surface area contributed by atoms with Crippen LogP contribution >= 0.6 is 0 Å². The molecule has 5 rings (SSSR count). The van der Waals surface area contributed by atoms with Gasteiger partial charge in [-0.15, -0.1) is 0 Å². The van der Waals surface area contributed by atoms with Crippen molar-refractivity contribution in [1.29, 1.82) is 5.26 Å². The van der Waals surface area contributed by atoms with Crippen LogP contribution in [0.5, 0.6) is 0 Å². The molecule has 3 aromatic rings. The topological polar surface area (TPSA) is 91.9 Å². The molecule has 1 saturated carbocycles. The first kappa shape index (κ1) is 22.4. The minimum Gasteiger partial charge on any atom is -0.378 e. The van der Waals surface area contributed by atoms with E-state index in [0.717, 1.165) is 48.8 Å². The van der Waals surface area contributed by atoms with Crippen molar-refractivity contribution in [3.05, 3.63) is 48.4 Å². The maximum atomic E-state index is 9.37. The van der Waals surface area contributed by atoms with Crippen molar-refractivity contribution >= 4 is 17.3 Å². The fraction of sp³-hybridized carbons (Fsp3) is 0.462. The number of aryl methyl sites for hydroxylation is 1. The Balaban J connectivity index is 1.32. The third-order valence-corrected chi connectivity index (χ3v) is 6.93. The lowest BCUT2D eigenvalue weighted by Gasteiger charge is -2.28. The summed E-state index contributed by atoms with van der Waals surface area (Å²) in [7, 11) is 0. The van der Waals surface area contributed by atoms with E-state index in [1.54, 1.807) is 0 Å². The molecule has 1 aromatic carbocycles. The van der Waals surface area contributed by atoms with Gasteiger partial charge in [0.2, 0.25) is 5.95 Å². The molecule has 1 unspecified atom stereocenters. The summed E-state index contributed by atoms with van der Waals surface area (Å²) < 4.78 is 7.42. The summed E-state index contributed by atoms with van der Waals surface area (Å²) in [6.45, 7) is 5.39. The van der Waals surface area contributed by atoms with Crippen LogP contribution in [-0.2, 0) is 4.74 Å². The molecule has 34 heavy (non-hydrogen) atoms. The van der Waals surface area contributed by atoms with E-state index in [2.05, 4.69) is 50.6 Å². The summed E-state index contributed by atoms with van der Waals surface area (Å²) in [6.07, 6.45) is 11.1. The van der Waals surface area contributed by atoms with Crippen LogP contribution in [0, 0.1) is 24.2 Å². The van der Waals surface area contributed by atoms with Gasteiger partial charge in [-0.05, 0) is 55.5 Å². The van der Waals surface area contributed by atoms with Crippen molar-refractivity contribution in [3.8, 4) is 17.3 Å². The molecule has 1 saturated heterocycles. The van der Waals surface area contributed by atoms with Crippen LogP contribution in [0.15, 0.2) is 42.9 Å². The van der Waals surface area contributed by atoms with Crippen molar-refractivity contribution in [2.45, 2.75) is 45.1 Å². The minimum atomic E-state index is 0.131. The van der Waals surface area contributed by atoms with E-state index in [1.165, 1.54) is 31.4 Å². The summed E-state index contributed by atoms with van der Waals surface area (Å²) >= 11 is 0. The highest BCUT2D eigenvalue weighted by Gasteiger charge is 2.27. The highest BCUT2D eigenvalue weighted by molar-refractivity contribution is 5.65. The summed E-state index contributed by atoms with van der Waals surface area (Å²) in [5, 5.41) is 17.3. The Morgan fingerprint density at radius 1 is 1.15 bits per heavy atom. The first-order valence-corrected chi connectivity index (χ1v) is 12.2. The summed E-state index contributed by atoms with van der Waals surface area (Å²) in [5.74, 6) is 1.08. The van der Waals surface area contributed by atoms with Gasteiger partial charge >= 0.3 is 0 Å². The molecule has 0 amide bonds. The quantitative estimate of drug-likeness (QED) is 0.541. The van der Waals surface area contributed by atoms with E-state index in [0.29, 0.717) is 18.3 Å². The first-order valence-electron chi connectivity index (χ1n) is 12.2. The molecule has 0 radical (unpaired) electrons. The zero-order valence-electron chi connectivity index (χ0n) is 19.7. The molecule has 0 bridgehead atoms. The van der Waals surface area contributed by atoms with Gasteiger partial charge in [-0.2, -0.15) is 10.4 Å². The average molecular weight is 458 g/mol. The highest BCUT2D eigenvalue weighted by atomic mass is 16.5. The van der Waals surface area contributed by atoms with Crippen LogP contribution in [0.25, 0.3) is 11.3 Å². The zero-order valence-corrected chi connectivity index (χ0v) is 19.7. The third-order valence-electron chi connectivity index (χ3n) is 6.93. The largest absolute Gasteiger partial charge is 0.378 e. The van der Waals surface area contributed by atoms with Crippen molar-refractivity contribution in [1.82, 2.24) is 19.7 Å². The molecular formula is C26H31N7O. The van der Waals surface area contributed by atoms with Crippen LogP contribution in [0.4, 0.5) is 17.3 Å². The van der Waals surface area contributed by atoms with Gasteiger partial charge in [-0.3, -0.25) is 4.68 Å². The molecule has 0 spiro atoms. The number of nitrogens with one attached hydrogen (secondary N) is 1. The molecule has 8 nitrogen and oxygen atoms in total. The molecule has 176 valence electrons.